The van der Waals surface area contributed by atoms with Crippen molar-refractivity contribution in [3.63, 3.8) is 0 Å². The molecule has 0 fully saturated rings. The minimum atomic E-state index is 0.990. The normalized spacial score (nSPS) is 27.7. The predicted octanol–water partition coefficient (Wildman–Crippen LogP) is 4.20. The summed E-state index contributed by atoms with van der Waals surface area (Å²) >= 11 is 0. The van der Waals surface area contributed by atoms with Crippen molar-refractivity contribution in [2.75, 3.05) is 0 Å². The van der Waals surface area contributed by atoms with Crippen molar-refractivity contribution >= 4 is 0 Å². The van der Waals surface area contributed by atoms with Crippen LogP contribution in [0.25, 0.3) is 0 Å². The van der Waals surface area contributed by atoms with Gasteiger partial charge in [0.1, 0.15) is 0 Å². The molecule has 1 aliphatic carbocycles. The van der Waals surface area contributed by atoms with Gasteiger partial charge in [0, 0.05) is 0 Å². The van der Waals surface area contributed by atoms with E-state index in [0.717, 1.165) is 12.8 Å². The molecule has 0 heterocycles. The standard InChI is InChI=1S/C13H19/c1-2-4-6-8-10-12-13-11-9-7-5-3-1/h1-2,7,12-13H,3-6,8,10-11H2/b2-1+,9-7?,13-12+. The maximum atomic E-state index is 3.28. The van der Waals surface area contributed by atoms with Crippen LogP contribution in [0.2, 0.25) is 0 Å². The van der Waals surface area contributed by atoms with Gasteiger partial charge in [-0.2, -0.15) is 0 Å². The Morgan fingerprint density at radius 1 is 0.692 bits per heavy atom. The Labute approximate surface area is 82.0 Å². The second kappa shape index (κ2) is 7.85. The fourth-order valence-electron chi connectivity index (χ4n) is 1.39. The summed E-state index contributed by atoms with van der Waals surface area (Å²) in [5.74, 6) is 0. The molecule has 0 heteroatoms. The lowest BCUT2D eigenvalue weighted by atomic mass is 10.1. The molecule has 1 rings (SSSR count). The van der Waals surface area contributed by atoms with Gasteiger partial charge in [-0.05, 0) is 51.0 Å². The topological polar surface area (TPSA) is 0 Å². The van der Waals surface area contributed by atoms with E-state index in [9.17, 15) is 0 Å². The molecular weight excluding hydrogens is 156 g/mol. The van der Waals surface area contributed by atoms with Crippen LogP contribution in [0, 0.1) is 6.08 Å². The monoisotopic (exact) mass is 175 g/mol. The van der Waals surface area contributed by atoms with E-state index >= 15 is 0 Å². The molecule has 0 aromatic carbocycles. The van der Waals surface area contributed by atoms with Crippen LogP contribution in [-0.2, 0) is 0 Å². The van der Waals surface area contributed by atoms with E-state index in [1.807, 2.05) is 0 Å². The molecular formula is C13H19. The fourth-order valence-corrected chi connectivity index (χ4v) is 1.39. The molecule has 71 valence electrons. The highest BCUT2D eigenvalue weighted by atomic mass is 13.9. The van der Waals surface area contributed by atoms with Crippen molar-refractivity contribution in [3.05, 3.63) is 36.5 Å². The van der Waals surface area contributed by atoms with E-state index in [1.54, 1.807) is 0 Å². The zero-order chi connectivity index (χ0) is 9.19. The molecule has 0 saturated carbocycles. The molecule has 0 aromatic rings. The first-order valence-corrected chi connectivity index (χ1v) is 5.35. The predicted molar refractivity (Wildman–Crippen MR) is 58.4 cm³/mol. The zero-order valence-electron chi connectivity index (χ0n) is 8.34. The summed E-state index contributed by atoms with van der Waals surface area (Å²) in [6.45, 7) is 0. The van der Waals surface area contributed by atoms with Crippen LogP contribution in [0.15, 0.2) is 30.4 Å². The number of hydrogen-bond donors (Lipinski definition) is 0. The molecule has 0 aliphatic heterocycles. The molecule has 0 nitrogen and oxygen atoms in total. The molecule has 0 bridgehead atoms. The second-order valence-corrected chi connectivity index (χ2v) is 3.42. The van der Waals surface area contributed by atoms with Crippen LogP contribution < -0.4 is 0 Å². The Morgan fingerprint density at radius 2 is 1.38 bits per heavy atom. The summed E-state index contributed by atoms with van der Waals surface area (Å²) in [5, 5.41) is 0. The molecule has 1 aliphatic rings. The van der Waals surface area contributed by atoms with E-state index in [2.05, 4.69) is 36.5 Å². The van der Waals surface area contributed by atoms with E-state index in [1.165, 1.54) is 32.1 Å². The van der Waals surface area contributed by atoms with Crippen LogP contribution in [0.5, 0.6) is 0 Å². The van der Waals surface area contributed by atoms with Crippen LogP contribution in [0.4, 0.5) is 0 Å². The van der Waals surface area contributed by atoms with Gasteiger partial charge in [-0.3, -0.25) is 0 Å². The fraction of sp³-hybridized carbons (Fsp3) is 0.538. The average molecular weight is 175 g/mol. The lowest BCUT2D eigenvalue weighted by Crippen LogP contribution is -1.72. The Morgan fingerprint density at radius 3 is 2.23 bits per heavy atom. The van der Waals surface area contributed by atoms with Crippen LogP contribution in [0.1, 0.15) is 44.9 Å². The summed E-state index contributed by atoms with van der Waals surface area (Å²) in [6, 6.07) is 0. The lowest BCUT2D eigenvalue weighted by Gasteiger charge is -1.92. The first kappa shape index (κ1) is 10.3. The molecule has 0 spiro atoms. The average Bonchev–Trinajstić information content (AvgIpc) is 2.18. The van der Waals surface area contributed by atoms with Crippen molar-refractivity contribution in [2.24, 2.45) is 0 Å². The maximum absolute atomic E-state index is 3.28. The summed E-state index contributed by atoms with van der Waals surface area (Å²) in [6.07, 6.45) is 23.0. The highest BCUT2D eigenvalue weighted by molar-refractivity contribution is 4.91. The zero-order valence-corrected chi connectivity index (χ0v) is 8.34. The van der Waals surface area contributed by atoms with Crippen molar-refractivity contribution in [3.8, 4) is 0 Å². The molecule has 0 aromatic heterocycles. The molecule has 0 saturated heterocycles. The second-order valence-electron chi connectivity index (χ2n) is 3.42. The summed E-state index contributed by atoms with van der Waals surface area (Å²) in [4.78, 5) is 0. The van der Waals surface area contributed by atoms with Crippen LogP contribution in [0.3, 0.4) is 0 Å². The minimum Gasteiger partial charge on any atom is -0.0885 e. The van der Waals surface area contributed by atoms with Crippen LogP contribution in [-0.4, -0.2) is 0 Å². The van der Waals surface area contributed by atoms with E-state index in [0.29, 0.717) is 0 Å². The number of rotatable bonds is 0. The lowest BCUT2D eigenvalue weighted by molar-refractivity contribution is 0.759. The highest BCUT2D eigenvalue weighted by Crippen LogP contribution is 2.04. The number of allylic oxidation sites excluding steroid dienone is 6. The Hall–Kier alpha value is -0.780. The summed E-state index contributed by atoms with van der Waals surface area (Å²) < 4.78 is 0. The minimum absolute atomic E-state index is 0.990. The first-order chi connectivity index (χ1) is 6.50. The van der Waals surface area contributed by atoms with E-state index < -0.39 is 0 Å². The summed E-state index contributed by atoms with van der Waals surface area (Å²) in [5.41, 5.74) is 0. The Balaban J connectivity index is 2.28. The van der Waals surface area contributed by atoms with Gasteiger partial charge < -0.3 is 0 Å². The van der Waals surface area contributed by atoms with E-state index in [-0.39, 0.29) is 0 Å². The quantitative estimate of drug-likeness (QED) is 0.484. The molecule has 0 atom stereocenters. The summed E-state index contributed by atoms with van der Waals surface area (Å²) in [7, 11) is 0. The maximum Gasteiger partial charge on any atom is -0.00979 e. The van der Waals surface area contributed by atoms with Gasteiger partial charge in [0.25, 0.3) is 0 Å². The van der Waals surface area contributed by atoms with Crippen LogP contribution >= 0.6 is 0 Å². The van der Waals surface area contributed by atoms with Gasteiger partial charge in [0.2, 0.25) is 0 Å². The smallest absolute Gasteiger partial charge is 0.00979 e. The third-order valence-electron chi connectivity index (χ3n) is 2.18. The van der Waals surface area contributed by atoms with Crippen molar-refractivity contribution in [2.45, 2.75) is 44.9 Å². The van der Waals surface area contributed by atoms with Gasteiger partial charge in [-0.15, -0.1) is 0 Å². The molecule has 1 radical (unpaired) electrons. The van der Waals surface area contributed by atoms with Crippen molar-refractivity contribution in [1.82, 2.24) is 0 Å². The van der Waals surface area contributed by atoms with E-state index in [4.69, 9.17) is 0 Å². The Bertz CT molecular complexity index is 184. The molecule has 13 heavy (non-hydrogen) atoms. The molecule has 0 unspecified atom stereocenters. The molecule has 0 amide bonds. The van der Waals surface area contributed by atoms with Gasteiger partial charge in [-0.1, -0.05) is 30.4 Å². The van der Waals surface area contributed by atoms with Gasteiger partial charge in [0.15, 0.2) is 0 Å². The Kier molecular flexibility index (Phi) is 6.22. The first-order valence-electron chi connectivity index (χ1n) is 5.35. The third-order valence-corrected chi connectivity index (χ3v) is 2.18. The highest BCUT2D eigenvalue weighted by Gasteiger charge is 1.85. The SMILES string of the molecule is [C]1=C/CC/C=C/CCCC/C=C/C/1. The third kappa shape index (κ3) is 6.39. The van der Waals surface area contributed by atoms with Crippen molar-refractivity contribution in [1.29, 1.82) is 0 Å². The van der Waals surface area contributed by atoms with Crippen molar-refractivity contribution < 1.29 is 0 Å². The van der Waals surface area contributed by atoms with Gasteiger partial charge in [-0.25, -0.2) is 0 Å². The number of hydrogen-bond acceptors (Lipinski definition) is 0. The van der Waals surface area contributed by atoms with Gasteiger partial charge in [0.05, 0.1) is 0 Å². The van der Waals surface area contributed by atoms with Gasteiger partial charge >= 0.3 is 0 Å². The largest absolute Gasteiger partial charge is 0.0885 e. The molecule has 0 N–H and O–H groups in total.